The number of benzene rings is 1. The summed E-state index contributed by atoms with van der Waals surface area (Å²) in [5.74, 6) is -1.38. The normalized spacial score (nSPS) is 20.9. The second-order valence-electron chi connectivity index (χ2n) is 7.51. The lowest BCUT2D eigenvalue weighted by Crippen LogP contribution is -2.54. The van der Waals surface area contributed by atoms with Gasteiger partial charge < -0.3 is 9.30 Å². The van der Waals surface area contributed by atoms with E-state index in [0.717, 1.165) is 47.8 Å². The number of imide groups is 2. The van der Waals surface area contributed by atoms with Gasteiger partial charge in [-0.1, -0.05) is 11.6 Å². The van der Waals surface area contributed by atoms with Crippen molar-refractivity contribution in [1.82, 2.24) is 9.88 Å². The number of rotatable bonds is 4. The number of nitrogens with zero attached hydrogens (tertiary/aromatic N) is 2. The molecule has 2 aromatic rings. The Labute approximate surface area is 179 Å². The van der Waals surface area contributed by atoms with Crippen LogP contribution >= 0.6 is 11.6 Å². The van der Waals surface area contributed by atoms with Crippen molar-refractivity contribution >= 4 is 41.2 Å². The molecule has 1 N–H and O–H groups in total. The second kappa shape index (κ2) is 8.08. The lowest BCUT2D eigenvalue weighted by atomic mass is 10.1. The number of halogens is 1. The molecular formula is C22H22ClN3O4. The SMILES string of the molecule is Cc1cc(/C=C2\C(=O)NC(=O)N(c3ccc(Cl)cc3)C2=O)c(C)n1C[C@@H]1CCCO1. The van der Waals surface area contributed by atoms with Gasteiger partial charge >= 0.3 is 6.03 Å². The van der Waals surface area contributed by atoms with E-state index in [-0.39, 0.29) is 11.7 Å². The molecule has 3 heterocycles. The molecule has 0 radical (unpaired) electrons. The third-order valence-electron chi connectivity index (χ3n) is 5.51. The summed E-state index contributed by atoms with van der Waals surface area (Å²) in [5.41, 5.74) is 2.95. The van der Waals surface area contributed by atoms with E-state index in [1.807, 2.05) is 19.9 Å². The summed E-state index contributed by atoms with van der Waals surface area (Å²) in [5, 5.41) is 2.72. The first-order valence-electron chi connectivity index (χ1n) is 9.80. The van der Waals surface area contributed by atoms with Gasteiger partial charge in [-0.25, -0.2) is 9.69 Å². The highest BCUT2D eigenvalue weighted by molar-refractivity contribution is 6.39. The third kappa shape index (κ3) is 3.78. The van der Waals surface area contributed by atoms with Crippen LogP contribution in [-0.2, 0) is 20.9 Å². The van der Waals surface area contributed by atoms with Crippen molar-refractivity contribution in [2.24, 2.45) is 0 Å². The fourth-order valence-electron chi connectivity index (χ4n) is 3.88. The summed E-state index contributed by atoms with van der Waals surface area (Å²) in [6.45, 7) is 5.44. The molecule has 156 valence electrons. The van der Waals surface area contributed by atoms with E-state index < -0.39 is 17.8 Å². The number of hydrogen-bond donors (Lipinski definition) is 1. The number of aromatic nitrogens is 1. The van der Waals surface area contributed by atoms with Crippen molar-refractivity contribution in [3.8, 4) is 0 Å². The van der Waals surface area contributed by atoms with Crippen molar-refractivity contribution in [2.45, 2.75) is 39.3 Å². The minimum absolute atomic E-state index is 0.0954. The molecule has 8 heteroatoms. The number of carbonyl (C=O) groups excluding carboxylic acids is 3. The molecular weight excluding hydrogens is 406 g/mol. The van der Waals surface area contributed by atoms with Crippen molar-refractivity contribution in [2.75, 3.05) is 11.5 Å². The molecule has 30 heavy (non-hydrogen) atoms. The molecule has 2 aliphatic heterocycles. The largest absolute Gasteiger partial charge is 0.376 e. The average Bonchev–Trinajstić information content (AvgIpc) is 3.30. The topological polar surface area (TPSA) is 80.6 Å². The van der Waals surface area contributed by atoms with Crippen LogP contribution in [0.15, 0.2) is 35.9 Å². The van der Waals surface area contributed by atoms with Gasteiger partial charge in [0, 0.05) is 29.6 Å². The summed E-state index contributed by atoms with van der Waals surface area (Å²) in [7, 11) is 0. The lowest BCUT2D eigenvalue weighted by molar-refractivity contribution is -0.122. The summed E-state index contributed by atoms with van der Waals surface area (Å²) in [6, 6.07) is 7.42. The van der Waals surface area contributed by atoms with Gasteiger partial charge in [-0.05, 0) is 68.7 Å². The number of aryl methyl sites for hydroxylation is 1. The maximum absolute atomic E-state index is 13.0. The highest BCUT2D eigenvalue weighted by atomic mass is 35.5. The summed E-state index contributed by atoms with van der Waals surface area (Å²) >= 11 is 5.90. The Morgan fingerprint density at radius 2 is 1.93 bits per heavy atom. The van der Waals surface area contributed by atoms with Crippen LogP contribution in [0.3, 0.4) is 0 Å². The molecule has 0 unspecified atom stereocenters. The Morgan fingerprint density at radius 3 is 2.60 bits per heavy atom. The van der Waals surface area contributed by atoms with Crippen LogP contribution in [0.5, 0.6) is 0 Å². The number of nitrogens with one attached hydrogen (secondary N) is 1. The van der Waals surface area contributed by atoms with E-state index in [1.165, 1.54) is 0 Å². The van der Waals surface area contributed by atoms with Crippen LogP contribution in [0.25, 0.3) is 6.08 Å². The molecule has 2 saturated heterocycles. The van der Waals surface area contributed by atoms with E-state index in [1.54, 1.807) is 30.3 Å². The van der Waals surface area contributed by atoms with Gasteiger partial charge in [0.2, 0.25) is 0 Å². The molecule has 2 fully saturated rings. The van der Waals surface area contributed by atoms with Crippen LogP contribution in [-0.4, -0.2) is 35.1 Å². The van der Waals surface area contributed by atoms with Gasteiger partial charge in [-0.2, -0.15) is 0 Å². The second-order valence-corrected chi connectivity index (χ2v) is 7.94. The lowest BCUT2D eigenvalue weighted by Gasteiger charge is -2.26. The Balaban J connectivity index is 1.66. The number of anilines is 1. The average molecular weight is 428 g/mol. The smallest absolute Gasteiger partial charge is 0.335 e. The summed E-state index contributed by atoms with van der Waals surface area (Å²) < 4.78 is 7.87. The predicted octanol–water partition coefficient (Wildman–Crippen LogP) is 3.60. The van der Waals surface area contributed by atoms with E-state index in [0.29, 0.717) is 10.7 Å². The van der Waals surface area contributed by atoms with Crippen molar-refractivity contribution in [3.63, 3.8) is 0 Å². The van der Waals surface area contributed by atoms with E-state index in [9.17, 15) is 14.4 Å². The maximum Gasteiger partial charge on any atom is 0.335 e. The van der Waals surface area contributed by atoms with E-state index in [2.05, 4.69) is 9.88 Å². The molecule has 0 spiro atoms. The zero-order valence-corrected chi connectivity index (χ0v) is 17.5. The molecule has 4 rings (SSSR count). The number of carbonyl (C=O) groups is 3. The minimum Gasteiger partial charge on any atom is -0.376 e. The van der Waals surface area contributed by atoms with Gasteiger partial charge in [0.05, 0.1) is 11.8 Å². The minimum atomic E-state index is -0.784. The summed E-state index contributed by atoms with van der Waals surface area (Å²) in [4.78, 5) is 38.7. The zero-order chi connectivity index (χ0) is 21.4. The Hall–Kier alpha value is -2.90. The van der Waals surface area contributed by atoms with Crippen molar-refractivity contribution in [1.29, 1.82) is 0 Å². The van der Waals surface area contributed by atoms with Crippen LogP contribution in [0.4, 0.5) is 10.5 Å². The first kappa shape index (κ1) is 20.4. The maximum atomic E-state index is 13.0. The van der Waals surface area contributed by atoms with E-state index in [4.69, 9.17) is 16.3 Å². The number of ether oxygens (including phenoxy) is 1. The number of hydrogen-bond acceptors (Lipinski definition) is 4. The van der Waals surface area contributed by atoms with Gasteiger partial charge in [-0.3, -0.25) is 14.9 Å². The molecule has 2 aliphatic rings. The number of urea groups is 1. The number of amides is 4. The van der Waals surface area contributed by atoms with Gasteiger partial charge in [0.1, 0.15) is 5.57 Å². The molecule has 0 bridgehead atoms. The molecule has 4 amide bonds. The highest BCUT2D eigenvalue weighted by Crippen LogP contribution is 2.26. The molecule has 1 atom stereocenters. The quantitative estimate of drug-likeness (QED) is 0.597. The van der Waals surface area contributed by atoms with Crippen LogP contribution in [0.1, 0.15) is 29.8 Å². The van der Waals surface area contributed by atoms with Crippen LogP contribution in [0.2, 0.25) is 5.02 Å². The predicted molar refractivity (Wildman–Crippen MR) is 113 cm³/mol. The highest BCUT2D eigenvalue weighted by Gasteiger charge is 2.37. The van der Waals surface area contributed by atoms with Gasteiger partial charge in [0.15, 0.2) is 0 Å². The zero-order valence-electron chi connectivity index (χ0n) is 16.8. The van der Waals surface area contributed by atoms with Crippen LogP contribution < -0.4 is 10.2 Å². The Kier molecular flexibility index (Phi) is 5.49. The first-order chi connectivity index (χ1) is 14.3. The van der Waals surface area contributed by atoms with Crippen LogP contribution in [0, 0.1) is 13.8 Å². The molecule has 0 aliphatic carbocycles. The Morgan fingerprint density at radius 1 is 1.20 bits per heavy atom. The molecule has 1 aromatic carbocycles. The number of barbiturate groups is 1. The first-order valence-corrected chi connectivity index (χ1v) is 10.2. The van der Waals surface area contributed by atoms with Crippen molar-refractivity contribution in [3.05, 3.63) is 57.9 Å². The fraction of sp³-hybridized carbons (Fsp3) is 0.318. The standard InChI is InChI=1S/C22H22ClN3O4/c1-13-10-15(14(2)25(13)12-18-4-3-9-30-18)11-19-20(27)24-22(29)26(21(19)28)17-7-5-16(23)6-8-17/h5-8,10-11,18H,3-4,9,12H2,1-2H3,(H,24,27,29)/b19-11+/t18-/m0/s1. The summed E-state index contributed by atoms with van der Waals surface area (Å²) in [6.07, 6.45) is 3.80. The molecule has 1 aromatic heterocycles. The monoisotopic (exact) mass is 427 g/mol. The van der Waals surface area contributed by atoms with E-state index >= 15 is 0 Å². The third-order valence-corrected chi connectivity index (χ3v) is 5.76. The van der Waals surface area contributed by atoms with Gasteiger partial charge in [0.25, 0.3) is 11.8 Å². The fourth-order valence-corrected chi connectivity index (χ4v) is 4.01. The van der Waals surface area contributed by atoms with Crippen molar-refractivity contribution < 1.29 is 19.1 Å². The molecule has 7 nitrogen and oxygen atoms in total. The molecule has 0 saturated carbocycles. The Bertz CT molecular complexity index is 1050. The van der Waals surface area contributed by atoms with Gasteiger partial charge in [-0.15, -0.1) is 0 Å².